The van der Waals surface area contributed by atoms with Crippen LogP contribution in [-0.2, 0) is 18.8 Å². The molecule has 0 spiro atoms. The molecule has 0 aliphatic rings. The summed E-state index contributed by atoms with van der Waals surface area (Å²) < 4.78 is 11.9. The number of nitrogens with zero attached hydrogens (tertiary/aromatic N) is 2. The van der Waals surface area contributed by atoms with Gasteiger partial charge in [0.05, 0.1) is 25.6 Å². The smallest absolute Gasteiger partial charge is 0.254 e. The lowest BCUT2D eigenvalue weighted by atomic mass is 10.1. The SMILES string of the molecule is Cc1csc(SCc2ccc(C(=O)N(Cc3ccco3)Cc3ccco3)cc2)n1. The molecular weight excluding hydrogens is 404 g/mol. The maximum atomic E-state index is 13.1. The van der Waals surface area contributed by atoms with Crippen LogP contribution in [-0.4, -0.2) is 15.8 Å². The second-order valence-corrected chi connectivity index (χ2v) is 8.64. The van der Waals surface area contributed by atoms with Crippen LogP contribution < -0.4 is 0 Å². The number of carbonyl (C=O) groups is 1. The molecule has 0 aliphatic heterocycles. The fourth-order valence-electron chi connectivity index (χ4n) is 2.85. The van der Waals surface area contributed by atoms with Gasteiger partial charge in [0, 0.05) is 22.4 Å². The van der Waals surface area contributed by atoms with Crippen molar-refractivity contribution in [1.29, 1.82) is 0 Å². The summed E-state index contributed by atoms with van der Waals surface area (Å²) in [5.74, 6) is 2.23. The van der Waals surface area contributed by atoms with Crippen LogP contribution in [0.1, 0.15) is 33.1 Å². The number of hydrogen-bond acceptors (Lipinski definition) is 6. The molecule has 3 heterocycles. The summed E-state index contributed by atoms with van der Waals surface area (Å²) in [6.07, 6.45) is 3.22. The minimum Gasteiger partial charge on any atom is -0.467 e. The molecule has 0 radical (unpaired) electrons. The van der Waals surface area contributed by atoms with Gasteiger partial charge in [0.2, 0.25) is 0 Å². The average molecular weight is 425 g/mol. The van der Waals surface area contributed by atoms with Crippen LogP contribution in [0, 0.1) is 6.92 Å². The molecule has 0 saturated carbocycles. The second-order valence-electron chi connectivity index (χ2n) is 6.56. The Morgan fingerprint density at radius 3 is 2.21 bits per heavy atom. The Kier molecular flexibility index (Phi) is 6.17. The standard InChI is InChI=1S/C22H20N2O3S2/c1-16-14-28-22(23-16)29-15-17-6-8-18(9-7-17)21(25)24(12-19-4-2-10-26-19)13-20-5-3-11-27-20/h2-11,14H,12-13,15H2,1H3. The fraction of sp³-hybridized carbons (Fsp3) is 0.182. The zero-order valence-corrected chi connectivity index (χ0v) is 17.5. The summed E-state index contributed by atoms with van der Waals surface area (Å²) >= 11 is 3.37. The molecular formula is C22H20N2O3S2. The van der Waals surface area contributed by atoms with E-state index < -0.39 is 0 Å². The Balaban J connectivity index is 1.44. The number of benzene rings is 1. The highest BCUT2D eigenvalue weighted by atomic mass is 32.2. The molecule has 0 fully saturated rings. The van der Waals surface area contributed by atoms with Crippen molar-refractivity contribution >= 4 is 29.0 Å². The lowest BCUT2D eigenvalue weighted by Crippen LogP contribution is -2.29. The zero-order chi connectivity index (χ0) is 20.1. The van der Waals surface area contributed by atoms with E-state index >= 15 is 0 Å². The summed E-state index contributed by atoms with van der Waals surface area (Å²) in [6, 6.07) is 15.1. The molecule has 4 rings (SSSR count). The Bertz CT molecular complexity index is 1000. The van der Waals surface area contributed by atoms with Gasteiger partial charge in [0.25, 0.3) is 5.91 Å². The molecule has 0 N–H and O–H groups in total. The van der Waals surface area contributed by atoms with Crippen LogP contribution in [0.5, 0.6) is 0 Å². The van der Waals surface area contributed by atoms with Gasteiger partial charge in [0.1, 0.15) is 15.9 Å². The van der Waals surface area contributed by atoms with Crippen LogP contribution in [0.15, 0.2) is 79.6 Å². The van der Waals surface area contributed by atoms with Gasteiger partial charge in [0.15, 0.2) is 0 Å². The normalized spacial score (nSPS) is 10.9. The van der Waals surface area contributed by atoms with Crippen molar-refractivity contribution in [3.8, 4) is 0 Å². The Morgan fingerprint density at radius 1 is 1.03 bits per heavy atom. The Hall–Kier alpha value is -2.77. The van der Waals surface area contributed by atoms with E-state index in [0.29, 0.717) is 18.7 Å². The van der Waals surface area contributed by atoms with E-state index in [-0.39, 0.29) is 5.91 Å². The van der Waals surface area contributed by atoms with Gasteiger partial charge in [-0.1, -0.05) is 23.9 Å². The predicted octanol–water partition coefficient (Wildman–Crippen LogP) is 5.77. The maximum Gasteiger partial charge on any atom is 0.254 e. The van der Waals surface area contributed by atoms with Crippen molar-refractivity contribution in [2.24, 2.45) is 0 Å². The molecule has 7 heteroatoms. The molecule has 5 nitrogen and oxygen atoms in total. The average Bonchev–Trinajstić information content (AvgIpc) is 3.50. The summed E-state index contributed by atoms with van der Waals surface area (Å²) in [5, 5.41) is 2.05. The molecule has 0 atom stereocenters. The van der Waals surface area contributed by atoms with Gasteiger partial charge >= 0.3 is 0 Å². The number of hydrogen-bond donors (Lipinski definition) is 0. The van der Waals surface area contributed by atoms with Gasteiger partial charge in [-0.05, 0) is 48.9 Å². The predicted molar refractivity (Wildman–Crippen MR) is 114 cm³/mol. The van der Waals surface area contributed by atoms with E-state index in [1.54, 1.807) is 40.5 Å². The summed E-state index contributed by atoms with van der Waals surface area (Å²) in [5.41, 5.74) is 2.84. The molecule has 0 aliphatic carbocycles. The quantitative estimate of drug-likeness (QED) is 0.336. The van der Waals surface area contributed by atoms with Gasteiger partial charge in [-0.25, -0.2) is 4.98 Å². The highest BCUT2D eigenvalue weighted by Crippen LogP contribution is 2.26. The first-order chi connectivity index (χ1) is 14.2. The number of carbonyl (C=O) groups excluding carboxylic acids is 1. The summed E-state index contributed by atoms with van der Waals surface area (Å²) in [4.78, 5) is 19.3. The topological polar surface area (TPSA) is 59.5 Å². The molecule has 0 bridgehead atoms. The van der Waals surface area contributed by atoms with Crippen LogP contribution in [0.4, 0.5) is 0 Å². The third-order valence-corrected chi connectivity index (χ3v) is 6.51. The first-order valence-corrected chi connectivity index (χ1v) is 11.0. The first-order valence-electron chi connectivity index (χ1n) is 9.15. The van der Waals surface area contributed by atoms with E-state index in [9.17, 15) is 4.79 Å². The van der Waals surface area contributed by atoms with Crippen molar-refractivity contribution in [2.75, 3.05) is 0 Å². The van der Waals surface area contributed by atoms with Crippen LogP contribution in [0.3, 0.4) is 0 Å². The van der Waals surface area contributed by atoms with Crippen molar-refractivity contribution in [3.05, 3.63) is 94.8 Å². The monoisotopic (exact) mass is 424 g/mol. The van der Waals surface area contributed by atoms with Crippen molar-refractivity contribution in [3.63, 3.8) is 0 Å². The van der Waals surface area contributed by atoms with Crippen LogP contribution in [0.25, 0.3) is 0 Å². The summed E-state index contributed by atoms with van der Waals surface area (Å²) in [7, 11) is 0. The minimum absolute atomic E-state index is 0.0625. The van der Waals surface area contributed by atoms with Gasteiger partial charge < -0.3 is 13.7 Å². The molecule has 1 aromatic carbocycles. The minimum atomic E-state index is -0.0625. The molecule has 4 aromatic rings. The highest BCUT2D eigenvalue weighted by Gasteiger charge is 2.19. The number of furan rings is 2. The molecule has 29 heavy (non-hydrogen) atoms. The molecule has 148 valence electrons. The summed E-state index contributed by atoms with van der Waals surface area (Å²) in [6.45, 7) is 2.76. The molecule has 1 amide bonds. The van der Waals surface area contributed by atoms with Crippen molar-refractivity contribution in [1.82, 2.24) is 9.88 Å². The number of thioether (sulfide) groups is 1. The molecule has 0 saturated heterocycles. The van der Waals surface area contributed by atoms with Crippen molar-refractivity contribution in [2.45, 2.75) is 30.1 Å². The number of aryl methyl sites for hydroxylation is 1. The van der Waals surface area contributed by atoms with E-state index in [1.165, 1.54) is 0 Å². The van der Waals surface area contributed by atoms with E-state index in [4.69, 9.17) is 8.83 Å². The molecule has 3 aromatic heterocycles. The van der Waals surface area contributed by atoms with Crippen molar-refractivity contribution < 1.29 is 13.6 Å². The lowest BCUT2D eigenvalue weighted by molar-refractivity contribution is 0.0705. The largest absolute Gasteiger partial charge is 0.467 e. The number of aromatic nitrogens is 1. The highest BCUT2D eigenvalue weighted by molar-refractivity contribution is 8.00. The van der Waals surface area contributed by atoms with E-state index in [0.717, 1.165) is 32.9 Å². The first kappa shape index (κ1) is 19.5. The number of amides is 1. The second kappa shape index (κ2) is 9.15. The molecule has 0 unspecified atom stereocenters. The van der Waals surface area contributed by atoms with E-state index in [1.807, 2.05) is 55.5 Å². The Morgan fingerprint density at radius 2 is 1.69 bits per heavy atom. The lowest BCUT2D eigenvalue weighted by Gasteiger charge is -2.21. The van der Waals surface area contributed by atoms with Crippen LogP contribution >= 0.6 is 23.1 Å². The van der Waals surface area contributed by atoms with E-state index in [2.05, 4.69) is 10.4 Å². The Labute approximate surface area is 177 Å². The number of rotatable bonds is 8. The van der Waals surface area contributed by atoms with Crippen LogP contribution in [0.2, 0.25) is 0 Å². The van der Waals surface area contributed by atoms with Gasteiger partial charge in [-0.15, -0.1) is 11.3 Å². The third kappa shape index (κ3) is 5.19. The van der Waals surface area contributed by atoms with Gasteiger partial charge in [-0.2, -0.15) is 0 Å². The third-order valence-electron chi connectivity index (χ3n) is 4.30. The fourth-order valence-corrected chi connectivity index (χ4v) is 4.66. The number of thiazole rings is 1. The zero-order valence-electron chi connectivity index (χ0n) is 15.9. The maximum absolute atomic E-state index is 13.1. The van der Waals surface area contributed by atoms with Gasteiger partial charge in [-0.3, -0.25) is 4.79 Å².